The number of alkyl halides is 3. The lowest BCUT2D eigenvalue weighted by Gasteiger charge is -2.10. The summed E-state index contributed by atoms with van der Waals surface area (Å²) in [6.45, 7) is 0.623. The first-order chi connectivity index (χ1) is 13.0. The standard InChI is InChI=1S/C15H16F3N5O4S/c16-15(17,18)10-2-5-14(22-9-10)21-7-1-6-20-12-4-3-11(28(19,26)27)8-13(12)23(24)25/h2-5,8-9,20H,1,6-7H2,(H,21,22)(H2,19,26,27). The minimum absolute atomic E-state index is 0.116. The number of hydrogen-bond donors (Lipinski definition) is 3. The van der Waals surface area contributed by atoms with Crippen molar-refractivity contribution in [3.63, 3.8) is 0 Å². The van der Waals surface area contributed by atoms with Crippen molar-refractivity contribution in [1.29, 1.82) is 0 Å². The van der Waals surface area contributed by atoms with Crippen LogP contribution in [0.15, 0.2) is 41.4 Å². The molecular weight excluding hydrogens is 403 g/mol. The second-order valence-corrected chi connectivity index (χ2v) is 7.18. The van der Waals surface area contributed by atoms with Crippen LogP contribution in [-0.4, -0.2) is 31.4 Å². The lowest BCUT2D eigenvalue weighted by atomic mass is 10.2. The van der Waals surface area contributed by atoms with Gasteiger partial charge in [-0.25, -0.2) is 18.5 Å². The number of anilines is 2. The monoisotopic (exact) mass is 419 g/mol. The number of rotatable bonds is 8. The molecule has 9 nitrogen and oxygen atoms in total. The first-order valence-corrected chi connectivity index (χ1v) is 9.35. The SMILES string of the molecule is NS(=O)(=O)c1ccc(NCCCNc2ccc(C(F)(F)F)cn2)c([N+](=O)[O-])c1. The topological polar surface area (TPSA) is 140 Å². The molecule has 0 bridgehead atoms. The van der Waals surface area contributed by atoms with Crippen LogP contribution < -0.4 is 15.8 Å². The quantitative estimate of drug-likeness (QED) is 0.339. The molecule has 28 heavy (non-hydrogen) atoms. The zero-order valence-corrected chi connectivity index (χ0v) is 15.0. The summed E-state index contributed by atoms with van der Waals surface area (Å²) >= 11 is 0. The Morgan fingerprint density at radius 1 is 1.14 bits per heavy atom. The smallest absolute Gasteiger partial charge is 0.379 e. The molecule has 0 saturated heterocycles. The molecule has 1 aromatic heterocycles. The molecule has 0 saturated carbocycles. The van der Waals surface area contributed by atoms with E-state index >= 15 is 0 Å². The number of nitrogens with one attached hydrogen (secondary N) is 2. The average Bonchev–Trinajstić information content (AvgIpc) is 2.60. The van der Waals surface area contributed by atoms with E-state index in [0.717, 1.165) is 24.4 Å². The van der Waals surface area contributed by atoms with Gasteiger partial charge in [-0.1, -0.05) is 0 Å². The van der Waals surface area contributed by atoms with Crippen molar-refractivity contribution in [1.82, 2.24) is 4.98 Å². The molecule has 0 atom stereocenters. The fourth-order valence-electron chi connectivity index (χ4n) is 2.18. The van der Waals surface area contributed by atoms with Crippen molar-refractivity contribution >= 4 is 27.2 Å². The van der Waals surface area contributed by atoms with E-state index in [1.54, 1.807) is 0 Å². The highest BCUT2D eigenvalue weighted by molar-refractivity contribution is 7.89. The van der Waals surface area contributed by atoms with E-state index in [1.165, 1.54) is 12.1 Å². The Labute approximate surface area is 158 Å². The number of sulfonamides is 1. The number of nitro groups is 1. The van der Waals surface area contributed by atoms with E-state index in [4.69, 9.17) is 5.14 Å². The van der Waals surface area contributed by atoms with Crippen molar-refractivity contribution < 1.29 is 26.5 Å². The summed E-state index contributed by atoms with van der Waals surface area (Å²) in [5.74, 6) is 0.261. The molecule has 0 fully saturated rings. The Morgan fingerprint density at radius 3 is 2.36 bits per heavy atom. The third kappa shape index (κ3) is 5.79. The Kier molecular flexibility index (Phi) is 6.41. The summed E-state index contributed by atoms with van der Waals surface area (Å²) in [6, 6.07) is 5.36. The number of aromatic nitrogens is 1. The lowest BCUT2D eigenvalue weighted by Crippen LogP contribution is -2.14. The molecule has 2 aromatic rings. The van der Waals surface area contributed by atoms with Crippen LogP contribution in [0.1, 0.15) is 12.0 Å². The van der Waals surface area contributed by atoms with Crippen molar-refractivity contribution in [3.8, 4) is 0 Å². The van der Waals surface area contributed by atoms with E-state index in [-0.39, 0.29) is 22.9 Å². The normalized spacial score (nSPS) is 11.9. The molecule has 4 N–H and O–H groups in total. The van der Waals surface area contributed by atoms with Gasteiger partial charge < -0.3 is 10.6 Å². The first kappa shape index (κ1) is 21.4. The molecule has 1 aromatic carbocycles. The number of primary sulfonamides is 1. The van der Waals surface area contributed by atoms with E-state index in [1.807, 2.05) is 0 Å². The minimum atomic E-state index is -4.46. The van der Waals surface area contributed by atoms with E-state index < -0.39 is 32.4 Å². The van der Waals surface area contributed by atoms with Gasteiger partial charge in [0, 0.05) is 25.4 Å². The summed E-state index contributed by atoms with van der Waals surface area (Å²) < 4.78 is 59.9. The third-order valence-electron chi connectivity index (χ3n) is 3.56. The van der Waals surface area contributed by atoms with E-state index in [9.17, 15) is 31.7 Å². The molecule has 0 aliphatic rings. The van der Waals surface area contributed by atoms with Gasteiger partial charge in [0.25, 0.3) is 5.69 Å². The van der Waals surface area contributed by atoms with Gasteiger partial charge in [-0.15, -0.1) is 0 Å². The maximum Gasteiger partial charge on any atom is 0.417 e. The predicted molar refractivity (Wildman–Crippen MR) is 95.3 cm³/mol. The Morgan fingerprint density at radius 2 is 1.82 bits per heavy atom. The Balaban J connectivity index is 1.89. The zero-order valence-electron chi connectivity index (χ0n) is 14.2. The largest absolute Gasteiger partial charge is 0.417 e. The number of benzene rings is 1. The van der Waals surface area contributed by atoms with Crippen LogP contribution in [0.25, 0.3) is 0 Å². The third-order valence-corrected chi connectivity index (χ3v) is 4.47. The van der Waals surface area contributed by atoms with Gasteiger partial charge in [0.1, 0.15) is 11.5 Å². The Hall–Kier alpha value is -2.93. The van der Waals surface area contributed by atoms with Crippen molar-refractivity contribution in [2.24, 2.45) is 5.14 Å². The van der Waals surface area contributed by atoms with Crippen LogP contribution >= 0.6 is 0 Å². The molecule has 0 aliphatic carbocycles. The molecule has 0 spiro atoms. The second kappa shape index (κ2) is 8.39. The highest BCUT2D eigenvalue weighted by atomic mass is 32.2. The number of nitrogens with two attached hydrogens (primary N) is 1. The molecule has 13 heteroatoms. The first-order valence-electron chi connectivity index (χ1n) is 7.81. The Bertz CT molecular complexity index is 949. The maximum absolute atomic E-state index is 12.5. The molecule has 0 amide bonds. The molecule has 152 valence electrons. The fraction of sp³-hybridized carbons (Fsp3) is 0.267. The fourth-order valence-corrected chi connectivity index (χ4v) is 2.72. The molecule has 0 unspecified atom stereocenters. The predicted octanol–water partition coefficient (Wildman–Crippen LogP) is 2.57. The van der Waals surface area contributed by atoms with Crippen molar-refractivity contribution in [3.05, 3.63) is 52.2 Å². The molecular formula is C15H16F3N5O4S. The summed E-state index contributed by atoms with van der Waals surface area (Å²) in [7, 11) is -4.07. The summed E-state index contributed by atoms with van der Waals surface area (Å²) in [5.41, 5.74) is -1.18. The van der Waals surface area contributed by atoms with Crippen molar-refractivity contribution in [2.45, 2.75) is 17.5 Å². The second-order valence-electron chi connectivity index (χ2n) is 5.62. The maximum atomic E-state index is 12.5. The van der Waals surface area contributed by atoms with Gasteiger partial charge in [0.05, 0.1) is 15.4 Å². The van der Waals surface area contributed by atoms with Gasteiger partial charge in [-0.3, -0.25) is 10.1 Å². The number of nitrogens with zero attached hydrogens (tertiary/aromatic N) is 2. The van der Waals surface area contributed by atoms with E-state index in [2.05, 4.69) is 15.6 Å². The van der Waals surface area contributed by atoms with Gasteiger partial charge >= 0.3 is 6.18 Å². The summed E-state index contributed by atoms with van der Waals surface area (Å²) in [5, 5.41) is 21.7. The molecule has 0 aliphatic heterocycles. The summed E-state index contributed by atoms with van der Waals surface area (Å²) in [6.07, 6.45) is -3.28. The molecule has 2 rings (SSSR count). The number of nitro benzene ring substituents is 1. The highest BCUT2D eigenvalue weighted by Gasteiger charge is 2.30. The van der Waals surface area contributed by atoms with Crippen LogP contribution in [0.3, 0.4) is 0 Å². The van der Waals surface area contributed by atoms with Crippen molar-refractivity contribution in [2.75, 3.05) is 23.7 Å². The average molecular weight is 419 g/mol. The number of hydrogen-bond acceptors (Lipinski definition) is 7. The number of pyridine rings is 1. The highest BCUT2D eigenvalue weighted by Crippen LogP contribution is 2.29. The van der Waals surface area contributed by atoms with Crippen LogP contribution in [0.5, 0.6) is 0 Å². The minimum Gasteiger partial charge on any atom is -0.379 e. The van der Waals surface area contributed by atoms with Gasteiger partial charge in [-0.05, 0) is 30.7 Å². The van der Waals surface area contributed by atoms with E-state index in [0.29, 0.717) is 13.0 Å². The van der Waals surface area contributed by atoms with Crippen LogP contribution in [0.2, 0.25) is 0 Å². The zero-order chi connectivity index (χ0) is 20.9. The van der Waals surface area contributed by atoms with Gasteiger partial charge in [0.15, 0.2) is 0 Å². The number of halogens is 3. The van der Waals surface area contributed by atoms with Crippen LogP contribution in [0.4, 0.5) is 30.4 Å². The molecule has 1 heterocycles. The lowest BCUT2D eigenvalue weighted by molar-refractivity contribution is -0.384. The molecule has 0 radical (unpaired) electrons. The van der Waals surface area contributed by atoms with Crippen LogP contribution in [-0.2, 0) is 16.2 Å². The summed E-state index contributed by atoms with van der Waals surface area (Å²) in [4.78, 5) is 13.7. The van der Waals surface area contributed by atoms with Gasteiger partial charge in [0.2, 0.25) is 10.0 Å². The van der Waals surface area contributed by atoms with Crippen LogP contribution in [0, 0.1) is 10.1 Å². The van der Waals surface area contributed by atoms with Gasteiger partial charge in [-0.2, -0.15) is 13.2 Å².